The summed E-state index contributed by atoms with van der Waals surface area (Å²) in [4.78, 5) is 42.3. The van der Waals surface area contributed by atoms with Crippen LogP contribution in [0.2, 0.25) is 0 Å². The van der Waals surface area contributed by atoms with E-state index < -0.39 is 41.9 Å². The van der Waals surface area contributed by atoms with Gasteiger partial charge in [-0.15, -0.1) is 0 Å². The molecule has 0 saturated carbocycles. The zero-order valence-corrected chi connectivity index (χ0v) is 25.4. The molecule has 242 valence electrons. The summed E-state index contributed by atoms with van der Waals surface area (Å²) in [5.74, 6) is -0.0332. The summed E-state index contributed by atoms with van der Waals surface area (Å²) >= 11 is 0. The topological polar surface area (TPSA) is 149 Å². The molecule has 1 aliphatic heterocycles. The van der Waals surface area contributed by atoms with Crippen LogP contribution in [0.4, 0.5) is 39.8 Å². The number of alkyl halides is 3. The lowest BCUT2D eigenvalue weighted by Crippen LogP contribution is -2.50. The number of aliphatic hydroxyl groups is 1. The van der Waals surface area contributed by atoms with E-state index in [4.69, 9.17) is 9.26 Å². The summed E-state index contributed by atoms with van der Waals surface area (Å²) in [6.45, 7) is 7.01. The molecule has 2 aromatic carbocycles. The third-order valence-corrected chi connectivity index (χ3v) is 7.46. The number of likely N-dealkylation sites (N-methyl/N-ethyl adjacent to an activating group) is 1. The number of hydrogen-bond donors (Lipinski definition) is 4. The number of carbonyl (C=O) groups excluding carboxylic acids is 3. The van der Waals surface area contributed by atoms with Crippen molar-refractivity contribution < 1.29 is 41.9 Å². The summed E-state index contributed by atoms with van der Waals surface area (Å²) in [5, 5.41) is 21.6. The van der Waals surface area contributed by atoms with Crippen LogP contribution in [0.5, 0.6) is 5.75 Å². The van der Waals surface area contributed by atoms with E-state index in [1.807, 2.05) is 6.92 Å². The van der Waals surface area contributed by atoms with Gasteiger partial charge in [0.25, 0.3) is 5.91 Å². The second kappa shape index (κ2) is 13.5. The van der Waals surface area contributed by atoms with Crippen molar-refractivity contribution in [2.75, 3.05) is 42.7 Å². The van der Waals surface area contributed by atoms with Crippen LogP contribution in [0.3, 0.4) is 0 Å². The van der Waals surface area contributed by atoms with Gasteiger partial charge < -0.3 is 40.1 Å². The standard InChI is InChI=1S/C30H35F3N6O6/c1-16-13-39(17(2)15-40)27(41)23-12-22(35-28(42)34-21-8-6-20(7-9-21)30(31,32)33)10-11-24(23)44-25(16)14-38(5)29(43)36-26-18(3)37-45-19(26)4/h6-12,16-17,25,40H,13-15H2,1-5H3,(H,36,43)(H2,34,35,42)/t16-,17+,25-/m1/s1. The molecule has 45 heavy (non-hydrogen) atoms. The summed E-state index contributed by atoms with van der Waals surface area (Å²) in [6.07, 6.45) is -5.08. The second-order valence-electron chi connectivity index (χ2n) is 11.0. The number of urea groups is 2. The number of hydrogen-bond acceptors (Lipinski definition) is 7. The summed E-state index contributed by atoms with van der Waals surface area (Å²) < 4.78 is 50.0. The van der Waals surface area contributed by atoms with Crippen molar-refractivity contribution in [3.8, 4) is 5.75 Å². The maximum absolute atomic E-state index is 13.7. The number of ether oxygens (including phenoxy) is 1. The van der Waals surface area contributed by atoms with Gasteiger partial charge in [-0.25, -0.2) is 9.59 Å². The van der Waals surface area contributed by atoms with Gasteiger partial charge in [0.15, 0.2) is 5.76 Å². The fourth-order valence-electron chi connectivity index (χ4n) is 4.77. The first-order valence-corrected chi connectivity index (χ1v) is 14.1. The molecular formula is C30H35F3N6O6. The Morgan fingerprint density at radius 2 is 1.76 bits per heavy atom. The van der Waals surface area contributed by atoms with E-state index in [0.29, 0.717) is 17.1 Å². The zero-order valence-electron chi connectivity index (χ0n) is 25.4. The van der Waals surface area contributed by atoms with Gasteiger partial charge in [0, 0.05) is 30.9 Å². The van der Waals surface area contributed by atoms with E-state index in [9.17, 15) is 32.7 Å². The van der Waals surface area contributed by atoms with Gasteiger partial charge in [-0.2, -0.15) is 13.2 Å². The molecule has 1 aliphatic rings. The highest BCUT2D eigenvalue weighted by atomic mass is 19.4. The van der Waals surface area contributed by atoms with Gasteiger partial charge in [-0.05, 0) is 63.2 Å². The number of rotatable bonds is 7. The monoisotopic (exact) mass is 632 g/mol. The van der Waals surface area contributed by atoms with Crippen LogP contribution in [0.15, 0.2) is 47.0 Å². The molecule has 2 heterocycles. The SMILES string of the molecule is Cc1noc(C)c1NC(=O)N(C)C[C@H]1Oc2ccc(NC(=O)Nc3ccc(C(F)(F)F)cc3)cc2C(=O)N([C@@H](C)CO)C[C@H]1C. The van der Waals surface area contributed by atoms with Gasteiger partial charge in [0.05, 0.1) is 30.3 Å². The summed E-state index contributed by atoms with van der Waals surface area (Å²) in [5.41, 5.74) is 0.613. The molecule has 0 saturated heterocycles. The Labute approximate surface area is 257 Å². The molecule has 4 N–H and O–H groups in total. The average Bonchev–Trinajstić information content (AvgIpc) is 3.30. The number of aromatic nitrogens is 1. The van der Waals surface area contributed by atoms with Gasteiger partial charge in [0.1, 0.15) is 23.2 Å². The molecule has 0 unspecified atom stereocenters. The highest BCUT2D eigenvalue weighted by Gasteiger charge is 2.34. The summed E-state index contributed by atoms with van der Waals surface area (Å²) in [7, 11) is 1.60. The number of nitrogens with one attached hydrogen (secondary N) is 3. The number of nitrogens with zero attached hydrogens (tertiary/aromatic N) is 3. The lowest BCUT2D eigenvalue weighted by Gasteiger charge is -2.38. The van der Waals surface area contributed by atoms with E-state index in [1.54, 1.807) is 27.8 Å². The molecule has 5 amide bonds. The molecular weight excluding hydrogens is 597 g/mol. The lowest BCUT2D eigenvalue weighted by atomic mass is 9.99. The number of halogens is 3. The average molecular weight is 633 g/mol. The predicted octanol–water partition coefficient (Wildman–Crippen LogP) is 5.34. The Kier molecular flexibility index (Phi) is 9.91. The molecule has 0 radical (unpaired) electrons. The van der Waals surface area contributed by atoms with E-state index in [0.717, 1.165) is 24.3 Å². The van der Waals surface area contributed by atoms with Crippen molar-refractivity contribution in [1.29, 1.82) is 0 Å². The van der Waals surface area contributed by atoms with Crippen LogP contribution in [-0.2, 0) is 6.18 Å². The largest absolute Gasteiger partial charge is 0.487 e. The first-order chi connectivity index (χ1) is 21.2. The van der Waals surface area contributed by atoms with Crippen molar-refractivity contribution in [3.63, 3.8) is 0 Å². The lowest BCUT2D eigenvalue weighted by molar-refractivity contribution is -0.137. The van der Waals surface area contributed by atoms with E-state index in [-0.39, 0.29) is 48.3 Å². The minimum Gasteiger partial charge on any atom is -0.487 e. The van der Waals surface area contributed by atoms with Crippen molar-refractivity contribution >= 4 is 35.0 Å². The van der Waals surface area contributed by atoms with Gasteiger partial charge in [-0.1, -0.05) is 12.1 Å². The fraction of sp³-hybridized carbons (Fsp3) is 0.400. The Bertz CT molecular complexity index is 1520. The highest BCUT2D eigenvalue weighted by Crippen LogP contribution is 2.32. The second-order valence-corrected chi connectivity index (χ2v) is 11.0. The summed E-state index contributed by atoms with van der Waals surface area (Å²) in [6, 6.07) is 6.68. The Balaban J connectivity index is 1.54. The van der Waals surface area contributed by atoms with Crippen LogP contribution in [-0.4, -0.2) is 76.9 Å². The predicted molar refractivity (Wildman–Crippen MR) is 159 cm³/mol. The third kappa shape index (κ3) is 7.84. The van der Waals surface area contributed by atoms with Crippen LogP contribution < -0.4 is 20.7 Å². The van der Waals surface area contributed by atoms with Gasteiger partial charge in [-0.3, -0.25) is 4.79 Å². The number of aliphatic hydroxyl groups excluding tert-OH is 1. The smallest absolute Gasteiger partial charge is 0.416 e. The van der Waals surface area contributed by atoms with Crippen molar-refractivity contribution in [2.24, 2.45) is 5.92 Å². The number of anilines is 3. The molecule has 0 fully saturated rings. The number of carbonyl (C=O) groups is 3. The Morgan fingerprint density at radius 3 is 2.36 bits per heavy atom. The zero-order chi connectivity index (χ0) is 33.1. The van der Waals surface area contributed by atoms with Crippen molar-refractivity contribution in [1.82, 2.24) is 15.0 Å². The van der Waals surface area contributed by atoms with Crippen molar-refractivity contribution in [2.45, 2.75) is 46.0 Å². The maximum Gasteiger partial charge on any atom is 0.416 e. The minimum absolute atomic E-state index is 0.113. The molecule has 3 atom stereocenters. The number of aryl methyl sites for hydroxylation is 2. The molecule has 0 spiro atoms. The molecule has 12 nitrogen and oxygen atoms in total. The minimum atomic E-state index is -4.51. The Hall–Kier alpha value is -4.79. The van der Waals surface area contributed by atoms with Crippen LogP contribution in [0, 0.1) is 19.8 Å². The number of amides is 5. The van der Waals surface area contributed by atoms with E-state index >= 15 is 0 Å². The first-order valence-electron chi connectivity index (χ1n) is 14.1. The molecule has 3 aromatic rings. The van der Waals surface area contributed by atoms with Gasteiger partial charge >= 0.3 is 18.2 Å². The number of benzene rings is 2. The molecule has 1 aromatic heterocycles. The maximum atomic E-state index is 13.7. The Morgan fingerprint density at radius 1 is 1.11 bits per heavy atom. The normalized spacial score (nSPS) is 17.4. The molecule has 4 rings (SSSR count). The highest BCUT2D eigenvalue weighted by molar-refractivity contribution is 6.02. The molecule has 0 bridgehead atoms. The van der Waals surface area contributed by atoms with E-state index in [1.165, 1.54) is 28.0 Å². The van der Waals surface area contributed by atoms with E-state index in [2.05, 4.69) is 21.1 Å². The van der Waals surface area contributed by atoms with Crippen LogP contribution >= 0.6 is 0 Å². The van der Waals surface area contributed by atoms with Gasteiger partial charge in [0.2, 0.25) is 0 Å². The molecule has 15 heteroatoms. The van der Waals surface area contributed by atoms with Crippen molar-refractivity contribution in [3.05, 3.63) is 65.0 Å². The molecule has 0 aliphatic carbocycles. The first kappa shape index (κ1) is 33.1. The third-order valence-electron chi connectivity index (χ3n) is 7.46. The van der Waals surface area contributed by atoms with Crippen LogP contribution in [0.1, 0.15) is 41.2 Å². The number of fused-ring (bicyclic) bond motifs is 1. The quantitative estimate of drug-likeness (QED) is 0.275. The van der Waals surface area contributed by atoms with Crippen LogP contribution in [0.25, 0.3) is 0 Å². The fourth-order valence-corrected chi connectivity index (χ4v) is 4.77.